The lowest BCUT2D eigenvalue weighted by atomic mass is 10.1. The van der Waals surface area contributed by atoms with Crippen LogP contribution in [-0.2, 0) is 17.7 Å². The van der Waals surface area contributed by atoms with Gasteiger partial charge in [0, 0.05) is 35.3 Å². The number of benzene rings is 2. The summed E-state index contributed by atoms with van der Waals surface area (Å²) in [6, 6.07) is 10.6. The highest BCUT2D eigenvalue weighted by molar-refractivity contribution is 5.95. The summed E-state index contributed by atoms with van der Waals surface area (Å²) in [6.07, 6.45) is 0.453. The first kappa shape index (κ1) is 22.5. The van der Waals surface area contributed by atoms with Crippen LogP contribution in [0.4, 0.5) is 10.5 Å². The van der Waals surface area contributed by atoms with Crippen LogP contribution < -0.4 is 20.1 Å². The SMILES string of the molecule is CCOc1cc2c(cc1CNC(=O)c1ccc(NC(=O)OC(C)(C)C)cc1)O[C@@H](C)C2. The molecule has 1 aliphatic heterocycles. The van der Waals surface area contributed by atoms with Crippen molar-refractivity contribution in [3.63, 3.8) is 0 Å². The molecule has 166 valence electrons. The first-order valence-electron chi connectivity index (χ1n) is 10.5. The molecule has 2 amide bonds. The molecule has 0 fully saturated rings. The number of nitrogens with one attached hydrogen (secondary N) is 2. The molecule has 2 aromatic rings. The van der Waals surface area contributed by atoms with Gasteiger partial charge in [0.1, 0.15) is 23.2 Å². The zero-order chi connectivity index (χ0) is 22.6. The van der Waals surface area contributed by atoms with Crippen molar-refractivity contribution in [2.24, 2.45) is 0 Å². The predicted molar refractivity (Wildman–Crippen MR) is 119 cm³/mol. The standard InChI is InChI=1S/C24H30N2O5/c1-6-29-20-12-17-11-15(2)30-21(17)13-18(20)14-25-22(27)16-7-9-19(10-8-16)26-23(28)31-24(3,4)5/h7-10,12-13,15H,6,11,14H2,1-5H3,(H,25,27)(H,26,28)/t15-/m0/s1. The fourth-order valence-corrected chi connectivity index (χ4v) is 3.31. The molecule has 0 saturated heterocycles. The molecule has 2 aromatic carbocycles. The normalized spacial score (nSPS) is 14.9. The average Bonchev–Trinajstić information content (AvgIpc) is 3.04. The summed E-state index contributed by atoms with van der Waals surface area (Å²) in [5, 5.41) is 5.57. The Hall–Kier alpha value is -3.22. The fraction of sp³-hybridized carbons (Fsp3) is 0.417. The van der Waals surface area contributed by atoms with Crippen molar-refractivity contribution in [3.8, 4) is 11.5 Å². The number of rotatable bonds is 6. The van der Waals surface area contributed by atoms with Gasteiger partial charge in [0.05, 0.1) is 6.61 Å². The van der Waals surface area contributed by atoms with E-state index in [0.717, 1.165) is 29.0 Å². The summed E-state index contributed by atoms with van der Waals surface area (Å²) < 4.78 is 16.8. The van der Waals surface area contributed by atoms with Crippen LogP contribution >= 0.6 is 0 Å². The lowest BCUT2D eigenvalue weighted by Gasteiger charge is -2.19. The van der Waals surface area contributed by atoms with Gasteiger partial charge in [-0.3, -0.25) is 10.1 Å². The highest BCUT2D eigenvalue weighted by Crippen LogP contribution is 2.35. The Morgan fingerprint density at radius 1 is 1.16 bits per heavy atom. The van der Waals surface area contributed by atoms with Crippen LogP contribution in [0.3, 0.4) is 0 Å². The Morgan fingerprint density at radius 2 is 1.87 bits per heavy atom. The summed E-state index contributed by atoms with van der Waals surface area (Å²) in [5.41, 5.74) is 2.45. The molecule has 0 radical (unpaired) electrons. The molecule has 3 rings (SSSR count). The van der Waals surface area contributed by atoms with Gasteiger partial charge in [-0.25, -0.2) is 4.79 Å². The Kier molecular flexibility index (Phi) is 6.73. The van der Waals surface area contributed by atoms with Crippen LogP contribution in [0, 0.1) is 0 Å². The minimum atomic E-state index is -0.578. The molecule has 0 aliphatic carbocycles. The van der Waals surface area contributed by atoms with Crippen molar-refractivity contribution in [1.29, 1.82) is 0 Å². The van der Waals surface area contributed by atoms with Gasteiger partial charge in [-0.1, -0.05) is 0 Å². The monoisotopic (exact) mass is 426 g/mol. The molecule has 1 atom stereocenters. The molecular formula is C24H30N2O5. The van der Waals surface area contributed by atoms with Crippen molar-refractivity contribution < 1.29 is 23.8 Å². The average molecular weight is 427 g/mol. The van der Waals surface area contributed by atoms with E-state index < -0.39 is 11.7 Å². The third-order valence-corrected chi connectivity index (χ3v) is 4.61. The topological polar surface area (TPSA) is 85.9 Å². The van der Waals surface area contributed by atoms with Gasteiger partial charge in [-0.2, -0.15) is 0 Å². The predicted octanol–water partition coefficient (Wildman–Crippen LogP) is 4.69. The Balaban J connectivity index is 1.62. The molecule has 1 aliphatic rings. The van der Waals surface area contributed by atoms with E-state index in [2.05, 4.69) is 10.6 Å². The van der Waals surface area contributed by atoms with E-state index in [4.69, 9.17) is 14.2 Å². The van der Waals surface area contributed by atoms with Crippen LogP contribution in [0.5, 0.6) is 11.5 Å². The quantitative estimate of drug-likeness (QED) is 0.700. The third-order valence-electron chi connectivity index (χ3n) is 4.61. The van der Waals surface area contributed by atoms with Crippen LogP contribution in [-0.4, -0.2) is 30.3 Å². The fourth-order valence-electron chi connectivity index (χ4n) is 3.31. The van der Waals surface area contributed by atoms with Gasteiger partial charge in [0.2, 0.25) is 0 Å². The van der Waals surface area contributed by atoms with Gasteiger partial charge in [-0.05, 0) is 71.0 Å². The van der Waals surface area contributed by atoms with Gasteiger partial charge >= 0.3 is 6.09 Å². The van der Waals surface area contributed by atoms with Gasteiger partial charge in [0.15, 0.2) is 0 Å². The number of amides is 2. The van der Waals surface area contributed by atoms with E-state index in [0.29, 0.717) is 24.4 Å². The zero-order valence-electron chi connectivity index (χ0n) is 18.7. The van der Waals surface area contributed by atoms with E-state index in [1.54, 1.807) is 45.0 Å². The maximum absolute atomic E-state index is 12.6. The summed E-state index contributed by atoms with van der Waals surface area (Å²) in [5.74, 6) is 1.38. The highest BCUT2D eigenvalue weighted by Gasteiger charge is 2.22. The molecule has 7 heteroatoms. The number of ether oxygens (including phenoxy) is 3. The number of fused-ring (bicyclic) bond motifs is 1. The minimum absolute atomic E-state index is 0.141. The minimum Gasteiger partial charge on any atom is -0.494 e. The number of carbonyl (C=O) groups excluding carboxylic acids is 2. The smallest absolute Gasteiger partial charge is 0.412 e. The molecule has 2 N–H and O–H groups in total. The molecule has 0 unspecified atom stereocenters. The van der Waals surface area contributed by atoms with E-state index in [-0.39, 0.29) is 12.0 Å². The van der Waals surface area contributed by atoms with Crippen LogP contribution in [0.25, 0.3) is 0 Å². The van der Waals surface area contributed by atoms with Crippen LogP contribution in [0.15, 0.2) is 36.4 Å². The van der Waals surface area contributed by atoms with Crippen molar-refractivity contribution in [2.75, 3.05) is 11.9 Å². The van der Waals surface area contributed by atoms with Crippen LogP contribution in [0.1, 0.15) is 56.1 Å². The van der Waals surface area contributed by atoms with Gasteiger partial charge < -0.3 is 19.5 Å². The van der Waals surface area contributed by atoms with Gasteiger partial charge in [-0.15, -0.1) is 0 Å². The lowest BCUT2D eigenvalue weighted by molar-refractivity contribution is 0.0635. The second-order valence-corrected chi connectivity index (χ2v) is 8.52. The number of carbonyl (C=O) groups is 2. The number of anilines is 1. The second-order valence-electron chi connectivity index (χ2n) is 8.52. The van der Waals surface area contributed by atoms with E-state index in [1.807, 2.05) is 26.0 Å². The molecule has 0 saturated carbocycles. The maximum Gasteiger partial charge on any atom is 0.412 e. The second kappa shape index (κ2) is 9.29. The largest absolute Gasteiger partial charge is 0.494 e. The molecule has 0 bridgehead atoms. The zero-order valence-corrected chi connectivity index (χ0v) is 18.7. The van der Waals surface area contributed by atoms with E-state index >= 15 is 0 Å². The van der Waals surface area contributed by atoms with Crippen molar-refractivity contribution in [1.82, 2.24) is 5.32 Å². The highest BCUT2D eigenvalue weighted by atomic mass is 16.6. The molecule has 31 heavy (non-hydrogen) atoms. The number of hydrogen-bond acceptors (Lipinski definition) is 5. The van der Waals surface area contributed by atoms with Crippen molar-refractivity contribution >= 4 is 17.7 Å². The number of hydrogen-bond donors (Lipinski definition) is 2. The maximum atomic E-state index is 12.6. The Bertz CT molecular complexity index is 948. The summed E-state index contributed by atoms with van der Waals surface area (Å²) in [4.78, 5) is 24.5. The first-order chi connectivity index (χ1) is 14.6. The van der Waals surface area contributed by atoms with Crippen molar-refractivity contribution in [3.05, 3.63) is 53.1 Å². The van der Waals surface area contributed by atoms with Crippen LogP contribution in [0.2, 0.25) is 0 Å². The molecular weight excluding hydrogens is 396 g/mol. The van der Waals surface area contributed by atoms with Gasteiger partial charge in [0.25, 0.3) is 5.91 Å². The summed E-state index contributed by atoms with van der Waals surface area (Å²) >= 11 is 0. The van der Waals surface area contributed by atoms with E-state index in [9.17, 15) is 9.59 Å². The Morgan fingerprint density at radius 3 is 2.52 bits per heavy atom. The molecule has 0 spiro atoms. The van der Waals surface area contributed by atoms with E-state index in [1.165, 1.54) is 0 Å². The van der Waals surface area contributed by atoms with Crippen molar-refractivity contribution in [2.45, 2.75) is 59.3 Å². The third kappa shape index (κ3) is 6.13. The molecule has 0 aromatic heterocycles. The summed E-state index contributed by atoms with van der Waals surface area (Å²) in [7, 11) is 0. The first-order valence-corrected chi connectivity index (χ1v) is 10.5. The lowest BCUT2D eigenvalue weighted by Crippen LogP contribution is -2.27. The summed E-state index contributed by atoms with van der Waals surface area (Å²) in [6.45, 7) is 10.2. The molecule has 7 nitrogen and oxygen atoms in total. The Labute approximate surface area is 183 Å². The molecule has 1 heterocycles.